The van der Waals surface area contributed by atoms with Gasteiger partial charge in [0.05, 0.1) is 6.54 Å². The summed E-state index contributed by atoms with van der Waals surface area (Å²) in [5, 5.41) is 0. The summed E-state index contributed by atoms with van der Waals surface area (Å²) >= 11 is 0. The van der Waals surface area contributed by atoms with Crippen molar-refractivity contribution in [2.24, 2.45) is 5.73 Å². The number of carbonyl (C=O) groups is 1. The third kappa shape index (κ3) is 1.29. The first kappa shape index (κ1) is 6.29. The Morgan fingerprint density at radius 2 is 2.11 bits per heavy atom. The number of nitrogens with two attached hydrogens (primary N) is 1. The van der Waals surface area contributed by atoms with Crippen LogP contribution >= 0.6 is 0 Å². The van der Waals surface area contributed by atoms with Gasteiger partial charge >= 0.3 is 0 Å². The van der Waals surface area contributed by atoms with Crippen LogP contribution in [0.3, 0.4) is 0 Å². The van der Waals surface area contributed by atoms with Crippen LogP contribution in [0.25, 0.3) is 0 Å². The van der Waals surface area contributed by atoms with E-state index in [1.54, 1.807) is 4.90 Å². The minimum absolute atomic E-state index is 0.0278. The van der Waals surface area contributed by atoms with E-state index in [1.165, 1.54) is 0 Å². The Hall–Kier alpha value is -0.830. The van der Waals surface area contributed by atoms with Crippen LogP contribution in [0.4, 0.5) is 0 Å². The van der Waals surface area contributed by atoms with Gasteiger partial charge < -0.3 is 10.6 Å². The van der Waals surface area contributed by atoms with E-state index in [9.17, 15) is 4.79 Å². The van der Waals surface area contributed by atoms with E-state index in [1.807, 2.05) is 12.2 Å². The highest BCUT2D eigenvalue weighted by Gasteiger charge is 2.10. The normalized spacial score (nSPS) is 16.8. The summed E-state index contributed by atoms with van der Waals surface area (Å²) in [6.45, 7) is 1.59. The second kappa shape index (κ2) is 2.64. The van der Waals surface area contributed by atoms with Crippen molar-refractivity contribution in [2.75, 3.05) is 19.6 Å². The summed E-state index contributed by atoms with van der Waals surface area (Å²) in [5.41, 5.74) is 5.13. The summed E-state index contributed by atoms with van der Waals surface area (Å²) in [7, 11) is 0. The molecular weight excluding hydrogens is 116 g/mol. The summed E-state index contributed by atoms with van der Waals surface area (Å²) in [5.74, 6) is 0.0278. The molecular formula is C6H10N2O. The molecule has 0 bridgehead atoms. The molecule has 0 radical (unpaired) electrons. The van der Waals surface area contributed by atoms with E-state index in [-0.39, 0.29) is 12.5 Å². The minimum Gasteiger partial charge on any atom is -0.334 e. The van der Waals surface area contributed by atoms with E-state index in [2.05, 4.69) is 0 Å². The van der Waals surface area contributed by atoms with E-state index in [0.29, 0.717) is 0 Å². The Labute approximate surface area is 54.1 Å². The van der Waals surface area contributed by atoms with Gasteiger partial charge in [-0.05, 0) is 0 Å². The van der Waals surface area contributed by atoms with Gasteiger partial charge in [0.15, 0.2) is 0 Å². The molecule has 0 aromatic heterocycles. The third-order valence-electron chi connectivity index (χ3n) is 1.35. The average molecular weight is 126 g/mol. The third-order valence-corrected chi connectivity index (χ3v) is 1.35. The van der Waals surface area contributed by atoms with E-state index < -0.39 is 0 Å². The molecule has 0 aromatic rings. The standard InChI is InChI=1S/C6H10N2O/c7-5-6(9)8-3-1-2-4-8/h1-2H,3-5,7H2. The maximum Gasteiger partial charge on any atom is 0.236 e. The van der Waals surface area contributed by atoms with Crippen molar-refractivity contribution >= 4 is 5.91 Å². The molecule has 1 heterocycles. The van der Waals surface area contributed by atoms with Crippen molar-refractivity contribution < 1.29 is 4.79 Å². The number of amides is 1. The van der Waals surface area contributed by atoms with Gasteiger partial charge in [0.1, 0.15) is 0 Å². The topological polar surface area (TPSA) is 46.3 Å². The quantitative estimate of drug-likeness (QED) is 0.474. The number of rotatable bonds is 1. The Balaban J connectivity index is 2.36. The molecule has 0 aliphatic carbocycles. The number of carbonyl (C=O) groups excluding carboxylic acids is 1. The molecule has 1 rings (SSSR count). The number of hydrogen-bond donors (Lipinski definition) is 1. The Bertz CT molecular complexity index is 134. The number of hydrogen-bond acceptors (Lipinski definition) is 2. The lowest BCUT2D eigenvalue weighted by atomic mass is 10.5. The van der Waals surface area contributed by atoms with E-state index >= 15 is 0 Å². The van der Waals surface area contributed by atoms with Gasteiger partial charge in [-0.1, -0.05) is 12.2 Å². The van der Waals surface area contributed by atoms with Gasteiger partial charge in [0.2, 0.25) is 5.91 Å². The molecule has 0 unspecified atom stereocenters. The van der Waals surface area contributed by atoms with Crippen molar-refractivity contribution in [1.29, 1.82) is 0 Å². The molecule has 0 spiro atoms. The second-order valence-electron chi connectivity index (χ2n) is 1.97. The van der Waals surface area contributed by atoms with Crippen LogP contribution in [0.1, 0.15) is 0 Å². The fourth-order valence-corrected chi connectivity index (χ4v) is 0.811. The summed E-state index contributed by atoms with van der Waals surface area (Å²) in [6, 6.07) is 0. The minimum atomic E-state index is 0.0278. The van der Waals surface area contributed by atoms with Crippen LogP contribution in [0.5, 0.6) is 0 Å². The largest absolute Gasteiger partial charge is 0.334 e. The Morgan fingerprint density at radius 1 is 1.56 bits per heavy atom. The smallest absolute Gasteiger partial charge is 0.236 e. The molecule has 2 N–H and O–H groups in total. The maximum absolute atomic E-state index is 10.8. The first-order valence-electron chi connectivity index (χ1n) is 2.97. The SMILES string of the molecule is NCC(=O)N1CC=CC1. The highest BCUT2D eigenvalue weighted by Crippen LogP contribution is 1.97. The van der Waals surface area contributed by atoms with E-state index in [0.717, 1.165) is 13.1 Å². The van der Waals surface area contributed by atoms with Crippen LogP contribution in [0.15, 0.2) is 12.2 Å². The summed E-state index contributed by atoms with van der Waals surface area (Å²) in [4.78, 5) is 12.5. The molecule has 3 heteroatoms. The van der Waals surface area contributed by atoms with Gasteiger partial charge in [-0.3, -0.25) is 4.79 Å². The second-order valence-corrected chi connectivity index (χ2v) is 1.97. The van der Waals surface area contributed by atoms with Gasteiger partial charge in [0.25, 0.3) is 0 Å². The first-order chi connectivity index (χ1) is 4.34. The van der Waals surface area contributed by atoms with Crippen molar-refractivity contribution in [3.8, 4) is 0 Å². The van der Waals surface area contributed by atoms with Gasteiger partial charge in [0, 0.05) is 13.1 Å². The Morgan fingerprint density at radius 3 is 2.56 bits per heavy atom. The van der Waals surface area contributed by atoms with Crippen molar-refractivity contribution in [1.82, 2.24) is 4.90 Å². The Kier molecular flexibility index (Phi) is 1.85. The molecule has 1 aliphatic heterocycles. The van der Waals surface area contributed by atoms with Gasteiger partial charge in [-0.25, -0.2) is 0 Å². The predicted molar refractivity (Wildman–Crippen MR) is 34.8 cm³/mol. The fourth-order valence-electron chi connectivity index (χ4n) is 0.811. The zero-order valence-electron chi connectivity index (χ0n) is 5.21. The molecule has 0 fully saturated rings. The lowest BCUT2D eigenvalue weighted by Crippen LogP contribution is -2.33. The zero-order chi connectivity index (χ0) is 6.69. The van der Waals surface area contributed by atoms with Crippen molar-refractivity contribution in [3.63, 3.8) is 0 Å². The highest BCUT2D eigenvalue weighted by molar-refractivity contribution is 5.78. The summed E-state index contributed by atoms with van der Waals surface area (Å²) in [6.07, 6.45) is 3.93. The fraction of sp³-hybridized carbons (Fsp3) is 0.500. The lowest BCUT2D eigenvalue weighted by Gasteiger charge is -2.12. The molecule has 0 aromatic carbocycles. The lowest BCUT2D eigenvalue weighted by molar-refractivity contribution is -0.128. The molecule has 0 saturated carbocycles. The average Bonchev–Trinajstić information content (AvgIpc) is 2.37. The molecule has 50 valence electrons. The zero-order valence-corrected chi connectivity index (χ0v) is 5.21. The van der Waals surface area contributed by atoms with Gasteiger partial charge in [-0.15, -0.1) is 0 Å². The molecule has 1 amide bonds. The first-order valence-corrected chi connectivity index (χ1v) is 2.97. The van der Waals surface area contributed by atoms with Crippen LogP contribution in [-0.2, 0) is 4.79 Å². The van der Waals surface area contributed by atoms with Crippen LogP contribution < -0.4 is 5.73 Å². The van der Waals surface area contributed by atoms with E-state index in [4.69, 9.17) is 5.73 Å². The molecule has 9 heavy (non-hydrogen) atoms. The summed E-state index contributed by atoms with van der Waals surface area (Å²) < 4.78 is 0. The molecule has 3 nitrogen and oxygen atoms in total. The number of nitrogens with zero attached hydrogens (tertiary/aromatic N) is 1. The molecule has 0 atom stereocenters. The highest BCUT2D eigenvalue weighted by atomic mass is 16.2. The maximum atomic E-state index is 10.8. The predicted octanol–water partition coefficient (Wildman–Crippen LogP) is -0.656. The van der Waals surface area contributed by atoms with Gasteiger partial charge in [-0.2, -0.15) is 0 Å². The molecule has 1 aliphatic rings. The monoisotopic (exact) mass is 126 g/mol. The van der Waals surface area contributed by atoms with Crippen LogP contribution in [-0.4, -0.2) is 30.4 Å². The van der Waals surface area contributed by atoms with Crippen molar-refractivity contribution in [2.45, 2.75) is 0 Å². The van der Waals surface area contributed by atoms with Crippen LogP contribution in [0.2, 0.25) is 0 Å². The molecule has 0 saturated heterocycles. The van der Waals surface area contributed by atoms with Crippen molar-refractivity contribution in [3.05, 3.63) is 12.2 Å². The van der Waals surface area contributed by atoms with Crippen LogP contribution in [0, 0.1) is 0 Å².